The Kier molecular flexibility index (Phi) is 4.09. The number of aromatic nitrogens is 1. The van der Waals surface area contributed by atoms with Crippen LogP contribution in [-0.4, -0.2) is 11.7 Å². The number of methoxy groups -OCH3 is 1. The van der Waals surface area contributed by atoms with Crippen LogP contribution in [0, 0.1) is 22.7 Å². The standard InChI is InChI=1S/C23H15N3O/c1-27-19-11-9-18(10-12-19)26-22-8-3-2-6-20(22)21-7-4-5-17(23(21)26)13-16(14-24)15-25/h2-13H,1H3. The van der Waals surface area contributed by atoms with Crippen LogP contribution in [0.4, 0.5) is 0 Å². The molecule has 0 unspecified atom stereocenters. The zero-order valence-corrected chi connectivity index (χ0v) is 14.7. The summed E-state index contributed by atoms with van der Waals surface area (Å²) in [5.41, 5.74) is 3.92. The first-order valence-corrected chi connectivity index (χ1v) is 8.45. The Balaban J connectivity index is 2.13. The Hall–Kier alpha value is -4.02. The molecule has 4 rings (SSSR count). The highest BCUT2D eigenvalue weighted by molar-refractivity contribution is 6.11. The first-order valence-electron chi connectivity index (χ1n) is 8.45. The fraction of sp³-hybridized carbons (Fsp3) is 0.0435. The van der Waals surface area contributed by atoms with Gasteiger partial charge < -0.3 is 9.30 Å². The van der Waals surface area contributed by atoms with Crippen LogP contribution in [0.5, 0.6) is 5.75 Å². The van der Waals surface area contributed by atoms with E-state index < -0.39 is 0 Å². The third-order valence-corrected chi connectivity index (χ3v) is 4.60. The minimum absolute atomic E-state index is 0.0778. The summed E-state index contributed by atoms with van der Waals surface area (Å²) in [6, 6.07) is 25.9. The maximum atomic E-state index is 9.18. The van der Waals surface area contributed by atoms with E-state index in [-0.39, 0.29) is 5.57 Å². The van der Waals surface area contributed by atoms with Crippen LogP contribution in [0.2, 0.25) is 0 Å². The molecule has 0 aliphatic rings. The average Bonchev–Trinajstić information content (AvgIpc) is 3.07. The predicted octanol–water partition coefficient (Wildman–Crippen LogP) is 5.22. The minimum atomic E-state index is 0.0778. The van der Waals surface area contributed by atoms with Crippen molar-refractivity contribution in [3.8, 4) is 23.6 Å². The van der Waals surface area contributed by atoms with Crippen molar-refractivity contribution >= 4 is 27.9 Å². The molecule has 0 saturated heterocycles. The normalized spacial score (nSPS) is 10.3. The fourth-order valence-electron chi connectivity index (χ4n) is 3.41. The third-order valence-electron chi connectivity index (χ3n) is 4.60. The number of para-hydroxylation sites is 2. The van der Waals surface area contributed by atoms with E-state index in [1.807, 2.05) is 60.7 Å². The number of nitrogens with zero attached hydrogens (tertiary/aromatic N) is 3. The number of fused-ring (bicyclic) bond motifs is 3. The number of allylic oxidation sites excluding steroid dienone is 1. The van der Waals surface area contributed by atoms with Gasteiger partial charge in [0, 0.05) is 22.0 Å². The van der Waals surface area contributed by atoms with E-state index in [1.54, 1.807) is 13.2 Å². The van der Waals surface area contributed by atoms with E-state index in [0.717, 1.165) is 38.8 Å². The lowest BCUT2D eigenvalue weighted by molar-refractivity contribution is 0.415. The predicted molar refractivity (Wildman–Crippen MR) is 107 cm³/mol. The molecule has 0 fully saturated rings. The SMILES string of the molecule is COc1ccc(-n2c3ccccc3c3cccc(C=C(C#N)C#N)c32)cc1. The summed E-state index contributed by atoms with van der Waals surface area (Å²) in [6.45, 7) is 0. The number of hydrogen-bond acceptors (Lipinski definition) is 3. The van der Waals surface area contributed by atoms with Gasteiger partial charge in [0.2, 0.25) is 0 Å². The van der Waals surface area contributed by atoms with Gasteiger partial charge in [0.15, 0.2) is 0 Å². The first-order chi connectivity index (χ1) is 13.3. The zero-order chi connectivity index (χ0) is 18.8. The van der Waals surface area contributed by atoms with Crippen LogP contribution < -0.4 is 4.74 Å². The lowest BCUT2D eigenvalue weighted by atomic mass is 10.1. The molecule has 0 bridgehead atoms. The van der Waals surface area contributed by atoms with Gasteiger partial charge in [-0.05, 0) is 36.4 Å². The van der Waals surface area contributed by atoms with E-state index in [2.05, 4.69) is 22.8 Å². The summed E-state index contributed by atoms with van der Waals surface area (Å²) in [6.07, 6.45) is 1.64. The zero-order valence-electron chi connectivity index (χ0n) is 14.7. The van der Waals surface area contributed by atoms with Gasteiger partial charge in [-0.2, -0.15) is 10.5 Å². The van der Waals surface area contributed by atoms with Gasteiger partial charge in [0.05, 0.1) is 18.1 Å². The number of rotatable bonds is 3. The molecule has 3 aromatic carbocycles. The summed E-state index contributed by atoms with van der Waals surface area (Å²) >= 11 is 0. The molecule has 0 saturated carbocycles. The Morgan fingerprint density at radius 3 is 2.30 bits per heavy atom. The third kappa shape index (κ3) is 2.70. The lowest BCUT2D eigenvalue weighted by Crippen LogP contribution is -1.95. The van der Waals surface area contributed by atoms with Gasteiger partial charge in [0.25, 0.3) is 0 Å². The van der Waals surface area contributed by atoms with Crippen LogP contribution in [0.15, 0.2) is 72.3 Å². The Morgan fingerprint density at radius 1 is 0.889 bits per heavy atom. The van der Waals surface area contributed by atoms with Crippen LogP contribution in [0.1, 0.15) is 5.56 Å². The lowest BCUT2D eigenvalue weighted by Gasteiger charge is -2.10. The molecule has 0 spiro atoms. The van der Waals surface area contributed by atoms with Gasteiger partial charge in [-0.25, -0.2) is 0 Å². The summed E-state index contributed by atoms with van der Waals surface area (Å²) < 4.78 is 7.43. The quantitative estimate of drug-likeness (QED) is 0.476. The molecule has 0 aliphatic heterocycles. The van der Waals surface area contributed by atoms with Crippen molar-refractivity contribution in [3.63, 3.8) is 0 Å². The fourth-order valence-corrected chi connectivity index (χ4v) is 3.41. The maximum absolute atomic E-state index is 9.18. The Morgan fingerprint density at radius 2 is 1.59 bits per heavy atom. The first kappa shape index (κ1) is 16.4. The molecule has 4 nitrogen and oxygen atoms in total. The Bertz CT molecular complexity index is 1250. The van der Waals surface area contributed by atoms with E-state index in [4.69, 9.17) is 4.74 Å². The number of ether oxygens (including phenoxy) is 1. The average molecular weight is 349 g/mol. The molecule has 128 valence electrons. The molecule has 0 amide bonds. The van der Waals surface area contributed by atoms with E-state index in [0.29, 0.717) is 0 Å². The van der Waals surface area contributed by atoms with Crippen LogP contribution in [-0.2, 0) is 0 Å². The summed E-state index contributed by atoms with van der Waals surface area (Å²) in [4.78, 5) is 0. The molecule has 0 N–H and O–H groups in total. The second-order valence-electron chi connectivity index (χ2n) is 6.08. The van der Waals surface area contributed by atoms with E-state index in [1.165, 1.54) is 0 Å². The molecule has 1 aromatic heterocycles. The van der Waals surface area contributed by atoms with Crippen molar-refractivity contribution in [2.45, 2.75) is 0 Å². The summed E-state index contributed by atoms with van der Waals surface area (Å²) in [7, 11) is 1.64. The van der Waals surface area contributed by atoms with Crippen molar-refractivity contribution in [1.82, 2.24) is 4.57 Å². The second-order valence-corrected chi connectivity index (χ2v) is 6.08. The molecule has 0 radical (unpaired) electrons. The smallest absolute Gasteiger partial charge is 0.130 e. The largest absolute Gasteiger partial charge is 0.497 e. The van der Waals surface area contributed by atoms with Crippen LogP contribution in [0.25, 0.3) is 33.6 Å². The van der Waals surface area contributed by atoms with Crippen molar-refractivity contribution in [3.05, 3.63) is 77.9 Å². The topological polar surface area (TPSA) is 61.7 Å². The van der Waals surface area contributed by atoms with Crippen LogP contribution >= 0.6 is 0 Å². The number of hydrogen-bond donors (Lipinski definition) is 0. The molecule has 4 heteroatoms. The van der Waals surface area contributed by atoms with Crippen molar-refractivity contribution in [1.29, 1.82) is 10.5 Å². The van der Waals surface area contributed by atoms with Crippen molar-refractivity contribution in [2.75, 3.05) is 7.11 Å². The van der Waals surface area contributed by atoms with E-state index in [9.17, 15) is 10.5 Å². The van der Waals surface area contributed by atoms with Crippen molar-refractivity contribution < 1.29 is 4.74 Å². The molecular weight excluding hydrogens is 334 g/mol. The molecule has 0 aliphatic carbocycles. The molecule has 1 heterocycles. The highest BCUT2D eigenvalue weighted by atomic mass is 16.5. The highest BCUT2D eigenvalue weighted by Gasteiger charge is 2.14. The van der Waals surface area contributed by atoms with Gasteiger partial charge in [0.1, 0.15) is 23.5 Å². The Labute approximate surface area is 156 Å². The van der Waals surface area contributed by atoms with Gasteiger partial charge in [-0.15, -0.1) is 0 Å². The molecule has 27 heavy (non-hydrogen) atoms. The number of nitriles is 2. The molecule has 4 aromatic rings. The van der Waals surface area contributed by atoms with Crippen LogP contribution in [0.3, 0.4) is 0 Å². The number of benzene rings is 3. The monoisotopic (exact) mass is 349 g/mol. The van der Waals surface area contributed by atoms with Gasteiger partial charge >= 0.3 is 0 Å². The van der Waals surface area contributed by atoms with Gasteiger partial charge in [-0.1, -0.05) is 36.4 Å². The minimum Gasteiger partial charge on any atom is -0.497 e. The van der Waals surface area contributed by atoms with Crippen molar-refractivity contribution in [2.24, 2.45) is 0 Å². The maximum Gasteiger partial charge on any atom is 0.130 e. The molecular formula is C23H15N3O. The highest BCUT2D eigenvalue weighted by Crippen LogP contribution is 2.35. The van der Waals surface area contributed by atoms with Gasteiger partial charge in [-0.3, -0.25) is 0 Å². The molecule has 0 atom stereocenters. The second kappa shape index (κ2) is 6.71. The summed E-state index contributed by atoms with van der Waals surface area (Å²) in [5.74, 6) is 0.788. The van der Waals surface area contributed by atoms with E-state index >= 15 is 0 Å². The summed E-state index contributed by atoms with van der Waals surface area (Å²) in [5, 5.41) is 20.6.